The topological polar surface area (TPSA) is 69.0 Å². The molecule has 146 valence electrons. The van der Waals surface area contributed by atoms with Gasteiger partial charge in [0, 0.05) is 18.3 Å². The molecular weight excluding hydrogens is 396 g/mol. The third-order valence-electron chi connectivity index (χ3n) is 4.29. The predicted octanol–water partition coefficient (Wildman–Crippen LogP) is 4.57. The molecular formula is C20H21ClN4O2S. The minimum Gasteiger partial charge on any atom is -0.495 e. The van der Waals surface area contributed by atoms with Gasteiger partial charge in [0.25, 0.3) is 0 Å². The minimum atomic E-state index is -0.367. The van der Waals surface area contributed by atoms with Crippen LogP contribution in [0.4, 0.5) is 5.69 Å². The first-order valence-corrected chi connectivity index (χ1v) is 9.93. The van der Waals surface area contributed by atoms with E-state index in [1.165, 1.54) is 11.8 Å². The number of anilines is 1. The number of ether oxygens (including phenoxy) is 1. The summed E-state index contributed by atoms with van der Waals surface area (Å²) in [5.41, 5.74) is 2.76. The number of carbonyl (C=O) groups is 1. The SMILES string of the molecule is COc1ccc(NC(=O)[C@@H](C)Sc2nnc(-c3ccccc3C)n2C)cc1Cl. The molecule has 2 aromatic carbocycles. The summed E-state index contributed by atoms with van der Waals surface area (Å²) in [6.07, 6.45) is 0. The Balaban J connectivity index is 1.71. The normalized spacial score (nSPS) is 11.9. The number of aromatic nitrogens is 3. The largest absolute Gasteiger partial charge is 0.495 e. The number of rotatable bonds is 6. The van der Waals surface area contributed by atoms with Crippen molar-refractivity contribution in [2.45, 2.75) is 24.3 Å². The summed E-state index contributed by atoms with van der Waals surface area (Å²) in [5.74, 6) is 1.19. The van der Waals surface area contributed by atoms with Crippen LogP contribution in [0.3, 0.4) is 0 Å². The smallest absolute Gasteiger partial charge is 0.237 e. The van der Waals surface area contributed by atoms with Gasteiger partial charge in [-0.15, -0.1) is 10.2 Å². The van der Waals surface area contributed by atoms with Gasteiger partial charge in [-0.3, -0.25) is 4.79 Å². The summed E-state index contributed by atoms with van der Waals surface area (Å²) in [5, 5.41) is 12.2. The van der Waals surface area contributed by atoms with Crippen molar-refractivity contribution in [2.75, 3.05) is 12.4 Å². The molecule has 0 radical (unpaired) electrons. The Bertz CT molecular complexity index is 1010. The number of carbonyl (C=O) groups excluding carboxylic acids is 1. The molecule has 1 heterocycles. The lowest BCUT2D eigenvalue weighted by Gasteiger charge is -2.13. The average molecular weight is 417 g/mol. The highest BCUT2D eigenvalue weighted by atomic mass is 35.5. The molecule has 0 aliphatic rings. The first-order chi connectivity index (χ1) is 13.4. The number of halogens is 1. The molecule has 8 heteroatoms. The molecule has 1 aromatic heterocycles. The zero-order valence-electron chi connectivity index (χ0n) is 16.1. The van der Waals surface area contributed by atoms with E-state index in [4.69, 9.17) is 16.3 Å². The van der Waals surface area contributed by atoms with Crippen LogP contribution in [-0.2, 0) is 11.8 Å². The maximum atomic E-state index is 12.6. The Labute approximate surface area is 173 Å². The number of amides is 1. The van der Waals surface area contributed by atoms with E-state index in [0.717, 1.165) is 17.0 Å². The van der Waals surface area contributed by atoms with Crippen molar-refractivity contribution in [1.29, 1.82) is 0 Å². The molecule has 0 saturated heterocycles. The van der Waals surface area contributed by atoms with E-state index >= 15 is 0 Å². The molecule has 0 bridgehead atoms. The second kappa shape index (κ2) is 8.67. The second-order valence-corrected chi connectivity index (χ2v) is 7.99. The quantitative estimate of drug-likeness (QED) is 0.596. The Morgan fingerprint density at radius 2 is 2.00 bits per heavy atom. The zero-order chi connectivity index (χ0) is 20.3. The number of aryl methyl sites for hydroxylation is 1. The van der Waals surface area contributed by atoms with Crippen LogP contribution >= 0.6 is 23.4 Å². The summed E-state index contributed by atoms with van der Waals surface area (Å²) < 4.78 is 7.03. The summed E-state index contributed by atoms with van der Waals surface area (Å²) in [4.78, 5) is 12.6. The van der Waals surface area contributed by atoms with Crippen LogP contribution in [0.5, 0.6) is 5.75 Å². The van der Waals surface area contributed by atoms with Gasteiger partial charge in [-0.1, -0.05) is 47.6 Å². The molecule has 1 amide bonds. The van der Waals surface area contributed by atoms with Crippen LogP contribution in [0, 0.1) is 6.92 Å². The van der Waals surface area contributed by atoms with Crippen LogP contribution in [-0.4, -0.2) is 33.0 Å². The second-order valence-electron chi connectivity index (χ2n) is 6.28. The number of nitrogens with zero attached hydrogens (tertiary/aromatic N) is 3. The monoisotopic (exact) mass is 416 g/mol. The highest BCUT2D eigenvalue weighted by molar-refractivity contribution is 8.00. The fraction of sp³-hybridized carbons (Fsp3) is 0.250. The van der Waals surface area contributed by atoms with Gasteiger partial charge in [0.1, 0.15) is 5.75 Å². The van der Waals surface area contributed by atoms with E-state index in [1.54, 1.807) is 25.3 Å². The van der Waals surface area contributed by atoms with Gasteiger partial charge < -0.3 is 14.6 Å². The van der Waals surface area contributed by atoms with Crippen LogP contribution in [0.1, 0.15) is 12.5 Å². The van der Waals surface area contributed by atoms with Gasteiger partial charge >= 0.3 is 0 Å². The number of hydrogen-bond acceptors (Lipinski definition) is 5. The molecule has 0 fully saturated rings. The van der Waals surface area contributed by atoms with Crippen LogP contribution < -0.4 is 10.1 Å². The summed E-state index contributed by atoms with van der Waals surface area (Å²) in [6, 6.07) is 13.1. The third kappa shape index (κ3) is 4.31. The first-order valence-electron chi connectivity index (χ1n) is 8.67. The van der Waals surface area contributed by atoms with Crippen molar-refractivity contribution in [3.63, 3.8) is 0 Å². The number of hydrogen-bond donors (Lipinski definition) is 1. The van der Waals surface area contributed by atoms with E-state index in [9.17, 15) is 4.79 Å². The van der Waals surface area contributed by atoms with E-state index in [1.807, 2.05) is 49.7 Å². The van der Waals surface area contributed by atoms with Crippen LogP contribution in [0.15, 0.2) is 47.6 Å². The highest BCUT2D eigenvalue weighted by Gasteiger charge is 2.20. The van der Waals surface area contributed by atoms with Gasteiger partial charge in [0.05, 0.1) is 17.4 Å². The molecule has 0 aliphatic heterocycles. The number of benzene rings is 2. The molecule has 1 atom stereocenters. The number of thioether (sulfide) groups is 1. The maximum Gasteiger partial charge on any atom is 0.237 e. The minimum absolute atomic E-state index is 0.147. The number of methoxy groups -OCH3 is 1. The molecule has 0 saturated carbocycles. The van der Waals surface area contributed by atoms with Crippen molar-refractivity contribution in [3.8, 4) is 17.1 Å². The molecule has 28 heavy (non-hydrogen) atoms. The molecule has 3 rings (SSSR count). The van der Waals surface area contributed by atoms with E-state index in [2.05, 4.69) is 15.5 Å². The summed E-state index contributed by atoms with van der Waals surface area (Å²) >= 11 is 7.46. The Morgan fingerprint density at radius 3 is 2.68 bits per heavy atom. The van der Waals surface area contributed by atoms with E-state index in [-0.39, 0.29) is 11.2 Å². The van der Waals surface area contributed by atoms with Crippen molar-refractivity contribution in [1.82, 2.24) is 14.8 Å². The standard InChI is InChI=1S/C20H21ClN4O2S/c1-12-7-5-6-8-15(12)18-23-24-20(25(18)3)28-13(2)19(26)22-14-9-10-17(27-4)16(21)11-14/h5-11,13H,1-4H3,(H,22,26)/t13-/m1/s1. The van der Waals surface area contributed by atoms with Crippen molar-refractivity contribution in [3.05, 3.63) is 53.1 Å². The lowest BCUT2D eigenvalue weighted by atomic mass is 10.1. The van der Waals surface area contributed by atoms with Crippen molar-refractivity contribution in [2.24, 2.45) is 7.05 Å². The zero-order valence-corrected chi connectivity index (χ0v) is 17.6. The molecule has 0 spiro atoms. The van der Waals surface area contributed by atoms with Crippen molar-refractivity contribution >= 4 is 35.0 Å². The first kappa shape index (κ1) is 20.2. The van der Waals surface area contributed by atoms with Gasteiger partial charge in [0.15, 0.2) is 11.0 Å². The lowest BCUT2D eigenvalue weighted by molar-refractivity contribution is -0.115. The highest BCUT2D eigenvalue weighted by Crippen LogP contribution is 2.29. The predicted molar refractivity (Wildman–Crippen MR) is 113 cm³/mol. The average Bonchev–Trinajstić information content (AvgIpc) is 3.02. The summed E-state index contributed by atoms with van der Waals surface area (Å²) in [6.45, 7) is 3.86. The molecule has 0 unspecified atom stereocenters. The maximum absolute atomic E-state index is 12.6. The Morgan fingerprint density at radius 1 is 1.25 bits per heavy atom. The summed E-state index contributed by atoms with van der Waals surface area (Å²) in [7, 11) is 3.45. The van der Waals surface area contributed by atoms with Gasteiger partial charge in [-0.2, -0.15) is 0 Å². The van der Waals surface area contributed by atoms with Gasteiger partial charge in [0.2, 0.25) is 5.91 Å². The Hall–Kier alpha value is -2.51. The van der Waals surface area contributed by atoms with Gasteiger partial charge in [-0.05, 0) is 37.6 Å². The fourth-order valence-corrected chi connectivity index (χ4v) is 3.75. The molecule has 1 N–H and O–H groups in total. The van der Waals surface area contributed by atoms with Crippen molar-refractivity contribution < 1.29 is 9.53 Å². The lowest BCUT2D eigenvalue weighted by Crippen LogP contribution is -2.22. The van der Waals surface area contributed by atoms with E-state index < -0.39 is 0 Å². The Kier molecular flexibility index (Phi) is 6.26. The van der Waals surface area contributed by atoms with E-state index in [0.29, 0.717) is 21.6 Å². The molecule has 6 nitrogen and oxygen atoms in total. The van der Waals surface area contributed by atoms with Gasteiger partial charge in [-0.25, -0.2) is 0 Å². The van der Waals surface area contributed by atoms with Crippen LogP contribution in [0.2, 0.25) is 5.02 Å². The third-order valence-corrected chi connectivity index (χ3v) is 5.72. The molecule has 0 aliphatic carbocycles. The number of nitrogens with one attached hydrogen (secondary N) is 1. The fourth-order valence-electron chi connectivity index (χ4n) is 2.68. The molecule has 3 aromatic rings. The van der Waals surface area contributed by atoms with Crippen LogP contribution in [0.25, 0.3) is 11.4 Å².